The van der Waals surface area contributed by atoms with E-state index >= 15 is 0 Å². The number of rotatable bonds is 4. The average molecular weight is 388 g/mol. The number of para-hydroxylation sites is 1. The van der Waals surface area contributed by atoms with Crippen molar-refractivity contribution in [2.45, 2.75) is 23.8 Å². The van der Waals surface area contributed by atoms with Crippen LogP contribution >= 0.6 is 0 Å². The first-order valence-electron chi connectivity index (χ1n) is 8.57. The standard InChI is InChI=1S/C17H20N6O3S/c1-21-7-6-13(8-16(21)24)23-11-14(10-19-23)27(25,26)20-15-5-3-4-12-9-18-22(2)17(12)15/h3-5,9-11,13,20H,6-8H2,1-2H3/t13-/m0/s1. The Hall–Kier alpha value is -2.88. The van der Waals surface area contributed by atoms with Crippen molar-refractivity contribution >= 4 is 32.5 Å². The molecule has 3 aromatic rings. The van der Waals surface area contributed by atoms with Gasteiger partial charge in [-0.3, -0.25) is 18.9 Å². The second-order valence-corrected chi connectivity index (χ2v) is 8.42. The molecule has 10 heteroatoms. The molecule has 1 N–H and O–H groups in total. The molecule has 3 heterocycles. The van der Waals surface area contributed by atoms with E-state index in [9.17, 15) is 13.2 Å². The third kappa shape index (κ3) is 3.16. The molecule has 0 spiro atoms. The lowest BCUT2D eigenvalue weighted by atomic mass is 10.1. The number of hydrogen-bond donors (Lipinski definition) is 1. The monoisotopic (exact) mass is 388 g/mol. The highest BCUT2D eigenvalue weighted by Gasteiger charge is 2.27. The summed E-state index contributed by atoms with van der Waals surface area (Å²) < 4.78 is 31.5. The molecule has 9 nitrogen and oxygen atoms in total. The van der Waals surface area contributed by atoms with E-state index in [-0.39, 0.29) is 16.8 Å². The number of anilines is 1. The Morgan fingerprint density at radius 1 is 1.19 bits per heavy atom. The largest absolute Gasteiger partial charge is 0.346 e. The fourth-order valence-corrected chi connectivity index (χ4v) is 4.34. The number of likely N-dealkylation sites (tertiary alicyclic amines) is 1. The number of aryl methyl sites for hydroxylation is 1. The quantitative estimate of drug-likeness (QED) is 0.727. The maximum atomic E-state index is 12.8. The Labute approximate surface area is 156 Å². The van der Waals surface area contributed by atoms with Crippen LogP contribution in [0.2, 0.25) is 0 Å². The molecule has 142 valence electrons. The summed E-state index contributed by atoms with van der Waals surface area (Å²) in [6.45, 7) is 0.631. The average Bonchev–Trinajstić information content (AvgIpc) is 3.26. The predicted octanol–water partition coefficient (Wildman–Crippen LogP) is 1.36. The third-order valence-corrected chi connectivity index (χ3v) is 6.22. The van der Waals surface area contributed by atoms with E-state index in [1.165, 1.54) is 12.4 Å². The van der Waals surface area contributed by atoms with Gasteiger partial charge in [0.1, 0.15) is 4.90 Å². The van der Waals surface area contributed by atoms with Crippen LogP contribution in [0.1, 0.15) is 18.9 Å². The summed E-state index contributed by atoms with van der Waals surface area (Å²) in [6, 6.07) is 5.21. The van der Waals surface area contributed by atoms with E-state index in [1.807, 2.05) is 6.07 Å². The molecule has 1 atom stereocenters. The Morgan fingerprint density at radius 2 is 2.00 bits per heavy atom. The second kappa shape index (κ2) is 6.38. The van der Waals surface area contributed by atoms with Gasteiger partial charge in [-0.25, -0.2) is 8.42 Å². The van der Waals surface area contributed by atoms with Crippen LogP contribution in [-0.2, 0) is 21.9 Å². The second-order valence-electron chi connectivity index (χ2n) is 6.74. The summed E-state index contributed by atoms with van der Waals surface area (Å²) in [5.74, 6) is 0.0344. The van der Waals surface area contributed by atoms with E-state index in [4.69, 9.17) is 0 Å². The molecular formula is C17H20N6O3S. The van der Waals surface area contributed by atoms with Gasteiger partial charge in [-0.15, -0.1) is 0 Å². The Morgan fingerprint density at radius 3 is 2.78 bits per heavy atom. The minimum Gasteiger partial charge on any atom is -0.346 e. The van der Waals surface area contributed by atoms with Gasteiger partial charge in [0.25, 0.3) is 10.0 Å². The van der Waals surface area contributed by atoms with E-state index in [0.29, 0.717) is 24.2 Å². The van der Waals surface area contributed by atoms with E-state index in [0.717, 1.165) is 11.8 Å². The van der Waals surface area contributed by atoms with Crippen LogP contribution in [0.15, 0.2) is 41.7 Å². The Balaban J connectivity index is 1.60. The number of sulfonamides is 1. The van der Waals surface area contributed by atoms with Gasteiger partial charge < -0.3 is 4.90 Å². The summed E-state index contributed by atoms with van der Waals surface area (Å²) in [5, 5.41) is 9.20. The number of fused-ring (bicyclic) bond motifs is 1. The molecule has 1 fully saturated rings. The smallest absolute Gasteiger partial charge is 0.265 e. The van der Waals surface area contributed by atoms with E-state index < -0.39 is 10.0 Å². The van der Waals surface area contributed by atoms with E-state index in [2.05, 4.69) is 14.9 Å². The van der Waals surface area contributed by atoms with Crippen LogP contribution in [0.4, 0.5) is 5.69 Å². The molecule has 0 radical (unpaired) electrons. The van der Waals surface area contributed by atoms with Gasteiger partial charge in [-0.2, -0.15) is 10.2 Å². The molecule has 1 aliphatic rings. The zero-order chi connectivity index (χ0) is 19.2. The fraction of sp³-hybridized carbons (Fsp3) is 0.353. The first-order valence-corrected chi connectivity index (χ1v) is 10.0. The Bertz CT molecular complexity index is 1120. The maximum Gasteiger partial charge on any atom is 0.265 e. The minimum absolute atomic E-state index is 0.0344. The minimum atomic E-state index is -3.81. The van der Waals surface area contributed by atoms with Crippen LogP contribution in [0.3, 0.4) is 0 Å². The van der Waals surface area contributed by atoms with Gasteiger partial charge in [0, 0.05) is 38.6 Å². The third-order valence-electron chi connectivity index (χ3n) is 4.90. The first kappa shape index (κ1) is 17.5. The first-order chi connectivity index (χ1) is 12.8. The van der Waals surface area contributed by atoms with Crippen LogP contribution < -0.4 is 4.72 Å². The van der Waals surface area contributed by atoms with Gasteiger partial charge in [0.15, 0.2) is 0 Å². The number of benzene rings is 1. The van der Waals surface area contributed by atoms with Crippen molar-refractivity contribution < 1.29 is 13.2 Å². The lowest BCUT2D eigenvalue weighted by Crippen LogP contribution is -2.36. The number of amides is 1. The molecule has 0 saturated carbocycles. The highest BCUT2D eigenvalue weighted by Crippen LogP contribution is 2.27. The molecule has 1 amide bonds. The normalized spacial score (nSPS) is 18.2. The van der Waals surface area contributed by atoms with Crippen molar-refractivity contribution in [3.8, 4) is 0 Å². The zero-order valence-electron chi connectivity index (χ0n) is 15.0. The van der Waals surface area contributed by atoms with Gasteiger partial charge in [-0.1, -0.05) is 12.1 Å². The Kier molecular flexibility index (Phi) is 4.14. The number of carbonyl (C=O) groups excluding carboxylic acids is 1. The van der Waals surface area contributed by atoms with Crippen molar-refractivity contribution in [1.82, 2.24) is 24.5 Å². The fourth-order valence-electron chi connectivity index (χ4n) is 3.33. The summed E-state index contributed by atoms with van der Waals surface area (Å²) >= 11 is 0. The van der Waals surface area contributed by atoms with Crippen LogP contribution in [-0.4, -0.2) is 52.4 Å². The number of nitrogens with one attached hydrogen (secondary N) is 1. The zero-order valence-corrected chi connectivity index (χ0v) is 15.8. The van der Waals surface area contributed by atoms with Crippen molar-refractivity contribution in [1.29, 1.82) is 0 Å². The summed E-state index contributed by atoms with van der Waals surface area (Å²) in [5.41, 5.74) is 1.16. The number of hydrogen-bond acceptors (Lipinski definition) is 5. The van der Waals surface area contributed by atoms with Crippen molar-refractivity contribution in [2.75, 3.05) is 18.3 Å². The molecule has 1 aromatic carbocycles. The van der Waals surface area contributed by atoms with Gasteiger partial charge >= 0.3 is 0 Å². The number of carbonyl (C=O) groups is 1. The number of piperidine rings is 1. The highest BCUT2D eigenvalue weighted by atomic mass is 32.2. The molecule has 1 aliphatic heterocycles. The van der Waals surface area contributed by atoms with Gasteiger partial charge in [-0.05, 0) is 12.5 Å². The van der Waals surface area contributed by atoms with Crippen LogP contribution in [0.25, 0.3) is 10.9 Å². The van der Waals surface area contributed by atoms with Crippen molar-refractivity contribution in [3.63, 3.8) is 0 Å². The van der Waals surface area contributed by atoms with Crippen molar-refractivity contribution in [3.05, 3.63) is 36.8 Å². The summed E-state index contributed by atoms with van der Waals surface area (Å²) in [7, 11) is -0.288. The lowest BCUT2D eigenvalue weighted by molar-refractivity contribution is -0.133. The number of aromatic nitrogens is 4. The SMILES string of the molecule is CN1CC[C@H](n2cc(S(=O)(=O)Nc3cccc4cnn(C)c34)cn2)CC1=O. The maximum absolute atomic E-state index is 12.8. The molecule has 1 saturated heterocycles. The summed E-state index contributed by atoms with van der Waals surface area (Å²) in [6.07, 6.45) is 5.54. The van der Waals surface area contributed by atoms with Crippen LogP contribution in [0.5, 0.6) is 0 Å². The topological polar surface area (TPSA) is 102 Å². The molecule has 2 aromatic heterocycles. The predicted molar refractivity (Wildman–Crippen MR) is 99.7 cm³/mol. The number of nitrogens with zero attached hydrogens (tertiary/aromatic N) is 5. The van der Waals surface area contributed by atoms with Crippen LogP contribution in [0, 0.1) is 0 Å². The summed E-state index contributed by atoms with van der Waals surface area (Å²) in [4.78, 5) is 13.6. The molecule has 0 bridgehead atoms. The molecule has 0 unspecified atom stereocenters. The lowest BCUT2D eigenvalue weighted by Gasteiger charge is -2.28. The van der Waals surface area contributed by atoms with Gasteiger partial charge in [0.05, 0.1) is 29.6 Å². The van der Waals surface area contributed by atoms with Crippen molar-refractivity contribution in [2.24, 2.45) is 7.05 Å². The molecule has 0 aliphatic carbocycles. The molecule has 4 rings (SSSR count). The molecule has 27 heavy (non-hydrogen) atoms. The van der Waals surface area contributed by atoms with E-state index in [1.54, 1.807) is 46.7 Å². The highest BCUT2D eigenvalue weighted by molar-refractivity contribution is 7.92. The molecular weight excluding hydrogens is 368 g/mol. The van der Waals surface area contributed by atoms with Gasteiger partial charge in [0.2, 0.25) is 5.91 Å².